The van der Waals surface area contributed by atoms with Crippen molar-refractivity contribution in [3.63, 3.8) is 0 Å². The molecule has 1 aliphatic rings. The Kier molecular flexibility index (Phi) is 5.93. The molecule has 0 spiro atoms. The van der Waals surface area contributed by atoms with Crippen molar-refractivity contribution in [3.05, 3.63) is 94.5 Å². The Labute approximate surface area is 202 Å². The summed E-state index contributed by atoms with van der Waals surface area (Å²) in [4.78, 5) is 23.9. The van der Waals surface area contributed by atoms with Crippen molar-refractivity contribution in [2.45, 2.75) is 39.8 Å². The molecule has 177 valence electrons. The third-order valence-electron chi connectivity index (χ3n) is 6.40. The average Bonchev–Trinajstić information content (AvgIpc) is 3.27. The van der Waals surface area contributed by atoms with E-state index in [9.17, 15) is 13.6 Å². The molecule has 0 bridgehead atoms. The molecule has 7 heteroatoms. The highest BCUT2D eigenvalue weighted by Crippen LogP contribution is 2.32. The fourth-order valence-electron chi connectivity index (χ4n) is 4.55. The molecule has 0 saturated carbocycles. The summed E-state index contributed by atoms with van der Waals surface area (Å²) >= 11 is 0. The van der Waals surface area contributed by atoms with Gasteiger partial charge in [-0.25, -0.2) is 18.7 Å². The molecule has 0 atom stereocenters. The number of amides is 1. The number of rotatable bonds is 5. The first-order valence-electron chi connectivity index (χ1n) is 11.5. The number of nitrogens with two attached hydrogens (primary N) is 1. The van der Waals surface area contributed by atoms with Gasteiger partial charge in [-0.2, -0.15) is 0 Å². The maximum atomic E-state index is 14.3. The van der Waals surface area contributed by atoms with E-state index in [1.165, 1.54) is 18.1 Å². The largest absolute Gasteiger partial charge is 0.368 e. The second-order valence-corrected chi connectivity index (χ2v) is 9.22. The lowest BCUT2D eigenvalue weighted by atomic mass is 9.93. The Morgan fingerprint density at radius 1 is 0.971 bits per heavy atom. The molecular weight excluding hydrogens is 446 g/mol. The smallest absolute Gasteiger partial charge is 0.273 e. The minimum absolute atomic E-state index is 0.00721. The highest BCUT2D eigenvalue weighted by Gasteiger charge is 2.27. The van der Waals surface area contributed by atoms with E-state index in [4.69, 9.17) is 5.73 Å². The Bertz CT molecular complexity index is 1430. The van der Waals surface area contributed by atoms with Gasteiger partial charge >= 0.3 is 0 Å². The van der Waals surface area contributed by atoms with Gasteiger partial charge in [-0.05, 0) is 70.8 Å². The number of hydrogen-bond donors (Lipinski definition) is 1. The van der Waals surface area contributed by atoms with Crippen LogP contribution in [0, 0.1) is 17.6 Å². The molecule has 0 aliphatic carbocycles. The number of hydrogen-bond acceptors (Lipinski definition) is 4. The van der Waals surface area contributed by atoms with Crippen LogP contribution < -0.4 is 5.73 Å². The van der Waals surface area contributed by atoms with Crippen molar-refractivity contribution in [2.24, 2.45) is 0 Å². The molecule has 5 rings (SSSR count). The lowest BCUT2D eigenvalue weighted by Gasteiger charge is -2.17. The highest BCUT2D eigenvalue weighted by molar-refractivity contribution is 6.06. The van der Waals surface area contributed by atoms with E-state index in [1.807, 2.05) is 38.1 Å². The monoisotopic (exact) mass is 471 g/mol. The highest BCUT2D eigenvalue weighted by atomic mass is 19.2. The van der Waals surface area contributed by atoms with Crippen molar-refractivity contribution in [2.75, 3.05) is 5.73 Å². The molecule has 0 unspecified atom stereocenters. The number of aromatic nitrogens is 2. The summed E-state index contributed by atoms with van der Waals surface area (Å²) in [7, 11) is 0. The first-order chi connectivity index (χ1) is 16.8. The van der Waals surface area contributed by atoms with Crippen LogP contribution in [0.1, 0.15) is 47.4 Å². The third-order valence-corrected chi connectivity index (χ3v) is 6.40. The van der Waals surface area contributed by atoms with Gasteiger partial charge in [0.25, 0.3) is 5.91 Å². The van der Waals surface area contributed by atoms with Crippen LogP contribution in [0.4, 0.5) is 14.7 Å². The van der Waals surface area contributed by atoms with Gasteiger partial charge in [0, 0.05) is 18.5 Å². The Morgan fingerprint density at radius 3 is 2.34 bits per heavy atom. The SMILES string of the molecule is C[C](C)CCc1cc(F)c(F)cc1-c1ccc2nc(N)nc(C(=O)N3Cc4ccccc4C3)c2c1. The summed E-state index contributed by atoms with van der Waals surface area (Å²) in [6, 6.07) is 15.7. The number of anilines is 1. The number of carbonyl (C=O) groups excluding carboxylic acids is 1. The number of fused-ring (bicyclic) bond motifs is 2. The summed E-state index contributed by atoms with van der Waals surface area (Å²) < 4.78 is 28.4. The molecule has 0 fully saturated rings. The number of halogens is 2. The van der Waals surface area contributed by atoms with Crippen LogP contribution in [0.25, 0.3) is 22.0 Å². The van der Waals surface area contributed by atoms with Gasteiger partial charge in [0.1, 0.15) is 5.69 Å². The van der Waals surface area contributed by atoms with Gasteiger partial charge in [0.05, 0.1) is 5.52 Å². The molecular formula is C28H25F2N4O. The van der Waals surface area contributed by atoms with Crippen LogP contribution in [0.3, 0.4) is 0 Å². The van der Waals surface area contributed by atoms with Gasteiger partial charge < -0.3 is 10.6 Å². The zero-order chi connectivity index (χ0) is 24.7. The second-order valence-electron chi connectivity index (χ2n) is 9.22. The molecule has 1 radical (unpaired) electrons. The first-order valence-corrected chi connectivity index (χ1v) is 11.5. The predicted molar refractivity (Wildman–Crippen MR) is 132 cm³/mol. The Hall–Kier alpha value is -3.87. The number of carbonyl (C=O) groups is 1. The predicted octanol–water partition coefficient (Wildman–Crippen LogP) is 5.86. The van der Waals surface area contributed by atoms with Crippen LogP contribution in [-0.2, 0) is 19.5 Å². The third kappa shape index (κ3) is 4.46. The second kappa shape index (κ2) is 9.06. The minimum atomic E-state index is -0.916. The van der Waals surface area contributed by atoms with Gasteiger partial charge in [-0.1, -0.05) is 44.2 Å². The van der Waals surface area contributed by atoms with E-state index in [2.05, 4.69) is 9.97 Å². The Morgan fingerprint density at radius 2 is 1.66 bits per heavy atom. The van der Waals surface area contributed by atoms with Crippen molar-refractivity contribution >= 4 is 22.8 Å². The van der Waals surface area contributed by atoms with Crippen LogP contribution in [0.5, 0.6) is 0 Å². The number of nitrogens with zero attached hydrogens (tertiary/aromatic N) is 3. The van der Waals surface area contributed by atoms with Crippen LogP contribution in [-0.4, -0.2) is 20.8 Å². The van der Waals surface area contributed by atoms with E-state index in [0.29, 0.717) is 47.1 Å². The molecule has 3 aromatic carbocycles. The zero-order valence-electron chi connectivity index (χ0n) is 19.6. The van der Waals surface area contributed by atoms with Gasteiger partial charge in [-0.15, -0.1) is 0 Å². The summed E-state index contributed by atoms with van der Waals surface area (Å²) in [6.07, 6.45) is 1.33. The van der Waals surface area contributed by atoms with E-state index in [1.54, 1.807) is 23.1 Å². The van der Waals surface area contributed by atoms with E-state index in [0.717, 1.165) is 17.5 Å². The maximum Gasteiger partial charge on any atom is 0.273 e. The van der Waals surface area contributed by atoms with Gasteiger partial charge in [-0.3, -0.25) is 4.79 Å². The summed E-state index contributed by atoms with van der Waals surface area (Å²) in [5.41, 5.74) is 10.8. The molecule has 0 saturated heterocycles. The number of benzene rings is 3. The molecule has 2 heterocycles. The van der Waals surface area contributed by atoms with Crippen molar-refractivity contribution in [1.82, 2.24) is 14.9 Å². The first kappa shape index (κ1) is 22.9. The zero-order valence-corrected chi connectivity index (χ0v) is 19.6. The average molecular weight is 472 g/mol. The van der Waals surface area contributed by atoms with Crippen LogP contribution in [0.2, 0.25) is 0 Å². The fraction of sp³-hybridized carbons (Fsp3) is 0.214. The van der Waals surface area contributed by atoms with Crippen LogP contribution >= 0.6 is 0 Å². The van der Waals surface area contributed by atoms with E-state index < -0.39 is 11.6 Å². The van der Waals surface area contributed by atoms with Gasteiger partial charge in [0.15, 0.2) is 11.6 Å². The normalized spacial score (nSPS) is 13.0. The van der Waals surface area contributed by atoms with E-state index in [-0.39, 0.29) is 17.5 Å². The number of nitrogen functional groups attached to an aromatic ring is 1. The van der Waals surface area contributed by atoms with Crippen molar-refractivity contribution < 1.29 is 13.6 Å². The molecule has 2 N–H and O–H groups in total. The van der Waals surface area contributed by atoms with E-state index >= 15 is 0 Å². The lowest BCUT2D eigenvalue weighted by Crippen LogP contribution is -2.27. The summed E-state index contributed by atoms with van der Waals surface area (Å²) in [5.74, 6) is -0.839. The maximum absolute atomic E-state index is 14.3. The number of aryl methyl sites for hydroxylation is 1. The van der Waals surface area contributed by atoms with Crippen molar-refractivity contribution in [3.8, 4) is 11.1 Å². The minimum Gasteiger partial charge on any atom is -0.368 e. The molecule has 1 aliphatic heterocycles. The lowest BCUT2D eigenvalue weighted by molar-refractivity contribution is 0.0747. The molecule has 4 aromatic rings. The Balaban J connectivity index is 1.59. The quantitative estimate of drug-likeness (QED) is 0.396. The standard InChI is InChI=1S/C28H25F2N4O/c1-16(2)7-8-18-12-23(29)24(30)13-21(18)17-9-10-25-22(11-17)26(33-28(31)32-25)27(35)34-14-19-5-3-4-6-20(19)15-34/h3-6,9-13H,7-8,14-15H2,1-2H3,(H2,31,32,33). The fourth-order valence-corrected chi connectivity index (χ4v) is 4.55. The topological polar surface area (TPSA) is 72.1 Å². The summed E-state index contributed by atoms with van der Waals surface area (Å²) in [6.45, 7) is 4.98. The molecule has 35 heavy (non-hydrogen) atoms. The van der Waals surface area contributed by atoms with Gasteiger partial charge in [0.2, 0.25) is 5.95 Å². The molecule has 5 nitrogen and oxygen atoms in total. The van der Waals surface area contributed by atoms with Crippen molar-refractivity contribution in [1.29, 1.82) is 0 Å². The van der Waals surface area contributed by atoms with Crippen LogP contribution in [0.15, 0.2) is 54.6 Å². The molecule has 1 aromatic heterocycles. The molecule has 1 amide bonds. The summed E-state index contributed by atoms with van der Waals surface area (Å²) in [5, 5.41) is 0.520.